The van der Waals surface area contributed by atoms with Gasteiger partial charge in [0.25, 0.3) is 0 Å². The molecule has 0 spiro atoms. The van der Waals surface area contributed by atoms with E-state index in [0.717, 1.165) is 131 Å². The van der Waals surface area contributed by atoms with Gasteiger partial charge in [-0.05, 0) is 225 Å². The fraction of sp³-hybridized carbons (Fsp3) is 0.146. The average molecular weight is 1710 g/mol. The Morgan fingerprint density at radius 3 is 0.773 bits per heavy atom. The van der Waals surface area contributed by atoms with Crippen LogP contribution in [0.15, 0.2) is 407 Å². The predicted molar refractivity (Wildman–Crippen MR) is 545 cm³/mol. The van der Waals surface area contributed by atoms with E-state index in [4.69, 9.17) is 44.9 Å². The molecule has 19 aromatic rings. The van der Waals surface area contributed by atoms with Crippen LogP contribution in [-0.2, 0) is 16.2 Å². The van der Waals surface area contributed by atoms with E-state index >= 15 is 0 Å². The second-order valence-electron chi connectivity index (χ2n) is 38.2. The van der Waals surface area contributed by atoms with Gasteiger partial charge in [0, 0.05) is 68.7 Å². The molecule has 5 aromatic heterocycles. The van der Waals surface area contributed by atoms with E-state index in [0.29, 0.717) is 34.9 Å². The van der Waals surface area contributed by atoms with Gasteiger partial charge in [-0.15, -0.1) is 0 Å². The van der Waals surface area contributed by atoms with Crippen LogP contribution in [0.25, 0.3) is 180 Å². The summed E-state index contributed by atoms with van der Waals surface area (Å²) in [6.45, 7) is 20.8. The molecule has 1 fully saturated rings. The summed E-state index contributed by atoms with van der Waals surface area (Å²) in [6.07, 6.45) is 8.65. The lowest BCUT2D eigenvalue weighted by molar-refractivity contribution is 0.352. The van der Waals surface area contributed by atoms with Crippen LogP contribution in [0.4, 0.5) is 0 Å². The van der Waals surface area contributed by atoms with Crippen molar-refractivity contribution in [2.24, 2.45) is 0 Å². The van der Waals surface area contributed by atoms with Crippen LogP contribution >= 0.6 is 0 Å². The molecule has 2 atom stereocenters. The molecule has 640 valence electrons. The lowest BCUT2D eigenvalue weighted by atomic mass is 9.65. The quantitative estimate of drug-likeness (QED) is 0.0780. The molecule has 14 aromatic carbocycles. The van der Waals surface area contributed by atoms with E-state index in [1.165, 1.54) is 66.8 Å². The van der Waals surface area contributed by atoms with Crippen LogP contribution in [0.3, 0.4) is 0 Å². The highest BCUT2D eigenvalue weighted by Crippen LogP contribution is 2.54. The third kappa shape index (κ3) is 18.4. The molecule has 1 aliphatic carbocycles. The Balaban J connectivity index is 0.645. The molecule has 0 saturated heterocycles. The molecule has 0 radical (unpaired) electrons. The topological polar surface area (TPSA) is 116 Å². The standard InChI is InChI=1S/C123H103N9/c1-121(2,3)103-60-62-108(110(75-103)85-48-52-87(53-49-85)112-64-58-98(78-125-112)119-129-115(94-40-24-36-90(68-94)80-28-14-10-15-29-80)127-116(130-119)95-41-25-37-91(69-95)81-30-16-11-17-31-81)101-72-100(107-45-23-22-44-106(107)84-46-56-89(57-47-84)114-77-105(66-67-124-114)123(7,8)9)73-102(74-101)109-63-61-104(122(4,5)6)76-111(109)86-50-54-88(55-51-86)113-65-59-99(79-126-113)120-131-117(96-42-26-38-92(70-96)82-32-18-12-19-33-82)128-118(132-120)97-43-27-39-93(71-97)83-34-20-13-21-35-83/h10-71,75-79,100-102H,72-74H2,1-9H3. The van der Waals surface area contributed by atoms with Gasteiger partial charge in [-0.2, -0.15) is 0 Å². The third-order valence-electron chi connectivity index (χ3n) is 26.2. The van der Waals surface area contributed by atoms with Gasteiger partial charge in [0.2, 0.25) is 0 Å². The minimum Gasteiger partial charge on any atom is -0.256 e. The van der Waals surface area contributed by atoms with Gasteiger partial charge in [0.1, 0.15) is 0 Å². The van der Waals surface area contributed by atoms with Crippen LogP contribution in [0.1, 0.15) is 133 Å². The summed E-state index contributed by atoms with van der Waals surface area (Å²) in [6, 6.07) is 140. The first-order valence-electron chi connectivity index (χ1n) is 46.0. The van der Waals surface area contributed by atoms with Gasteiger partial charge in [-0.3, -0.25) is 15.0 Å². The molecular weight excluding hydrogens is 1600 g/mol. The van der Waals surface area contributed by atoms with Gasteiger partial charge in [0.05, 0.1) is 17.1 Å². The van der Waals surface area contributed by atoms with E-state index < -0.39 is 0 Å². The molecule has 0 aliphatic heterocycles. The van der Waals surface area contributed by atoms with Crippen molar-refractivity contribution in [2.45, 2.75) is 116 Å². The van der Waals surface area contributed by atoms with Crippen LogP contribution in [-0.4, -0.2) is 44.9 Å². The highest BCUT2D eigenvalue weighted by atomic mass is 15.0. The lowest BCUT2D eigenvalue weighted by Gasteiger charge is -2.39. The number of benzene rings is 14. The monoisotopic (exact) mass is 1710 g/mol. The summed E-state index contributed by atoms with van der Waals surface area (Å²) in [5.41, 5.74) is 34.8. The van der Waals surface area contributed by atoms with Crippen molar-refractivity contribution in [3.63, 3.8) is 0 Å². The summed E-state index contributed by atoms with van der Waals surface area (Å²) in [5, 5.41) is 0. The van der Waals surface area contributed by atoms with E-state index in [1.807, 2.05) is 42.9 Å². The van der Waals surface area contributed by atoms with Crippen LogP contribution in [0, 0.1) is 0 Å². The SMILES string of the molecule is CC(C)(C)c1ccnc(-c2ccc(-c3ccccc3C3CC(c4ccc(C(C)(C)C)cc4-c4ccc(-c5ccc(-c6nc(-c7cccc(-c8ccccc8)c7)nc(-c7cccc(-c8ccccc8)c7)n6)cn5)cc4)CC(c4ccc(C(C)(C)C)cc4-c4ccc(-c5ccc(-c6nc(-c7cccc(-c8ccccc8)c7)nc(-c7cccc(-c8ccccc8)c7)n6)cn5)cc4)C3)cc2)c1. The molecule has 9 nitrogen and oxygen atoms in total. The highest BCUT2D eigenvalue weighted by molar-refractivity contribution is 5.82. The van der Waals surface area contributed by atoms with Crippen LogP contribution in [0.5, 0.6) is 0 Å². The summed E-state index contributed by atoms with van der Waals surface area (Å²) in [4.78, 5) is 46.6. The Bertz CT molecular complexity index is 6790. The minimum atomic E-state index is -0.119. The number of rotatable bonds is 19. The summed E-state index contributed by atoms with van der Waals surface area (Å²) >= 11 is 0. The third-order valence-corrected chi connectivity index (χ3v) is 26.2. The zero-order chi connectivity index (χ0) is 90.0. The number of hydrogen-bond acceptors (Lipinski definition) is 9. The normalized spacial score (nSPS) is 14.1. The Hall–Kier alpha value is -15.5. The van der Waals surface area contributed by atoms with Crippen molar-refractivity contribution in [1.29, 1.82) is 0 Å². The summed E-state index contributed by atoms with van der Waals surface area (Å²) < 4.78 is 0. The maximum Gasteiger partial charge on any atom is 0.165 e. The molecule has 1 saturated carbocycles. The maximum absolute atomic E-state index is 5.22. The van der Waals surface area contributed by atoms with E-state index in [9.17, 15) is 0 Å². The smallest absolute Gasteiger partial charge is 0.165 e. The first kappa shape index (κ1) is 84.7. The van der Waals surface area contributed by atoms with Crippen molar-refractivity contribution in [3.8, 4) is 180 Å². The largest absolute Gasteiger partial charge is 0.256 e. The first-order valence-corrected chi connectivity index (χ1v) is 46.0. The molecule has 0 amide bonds. The van der Waals surface area contributed by atoms with Gasteiger partial charge < -0.3 is 0 Å². The molecule has 20 rings (SSSR count). The average Bonchev–Trinajstić information content (AvgIpc) is 0.756. The van der Waals surface area contributed by atoms with Gasteiger partial charge in [0.15, 0.2) is 34.9 Å². The van der Waals surface area contributed by atoms with Crippen molar-refractivity contribution >= 4 is 0 Å². The maximum atomic E-state index is 5.22. The number of nitrogens with zero attached hydrogens (tertiary/aromatic N) is 9. The van der Waals surface area contributed by atoms with Gasteiger partial charge >= 0.3 is 0 Å². The molecular formula is C123H103N9. The summed E-state index contributed by atoms with van der Waals surface area (Å²) in [7, 11) is 0. The minimum absolute atomic E-state index is 0.00608. The van der Waals surface area contributed by atoms with Gasteiger partial charge in [-0.1, -0.05) is 390 Å². The Labute approximate surface area is 775 Å². The first-order chi connectivity index (χ1) is 64.2. The zero-order valence-corrected chi connectivity index (χ0v) is 76.1. The number of aromatic nitrogens is 9. The van der Waals surface area contributed by atoms with Crippen molar-refractivity contribution in [3.05, 3.63) is 440 Å². The van der Waals surface area contributed by atoms with E-state index in [-0.39, 0.29) is 34.0 Å². The molecule has 5 heterocycles. The Morgan fingerprint density at radius 2 is 0.447 bits per heavy atom. The highest BCUT2D eigenvalue weighted by Gasteiger charge is 2.36. The molecule has 132 heavy (non-hydrogen) atoms. The fourth-order valence-electron chi connectivity index (χ4n) is 18.8. The second kappa shape index (κ2) is 36.2. The summed E-state index contributed by atoms with van der Waals surface area (Å²) in [5.74, 6) is 3.95. The zero-order valence-electron chi connectivity index (χ0n) is 76.1. The molecule has 9 heteroatoms. The molecule has 0 N–H and O–H groups in total. The van der Waals surface area contributed by atoms with Crippen molar-refractivity contribution in [1.82, 2.24) is 44.9 Å². The van der Waals surface area contributed by atoms with Gasteiger partial charge in [-0.25, -0.2) is 29.9 Å². The molecule has 2 unspecified atom stereocenters. The van der Waals surface area contributed by atoms with Crippen molar-refractivity contribution < 1.29 is 0 Å². The number of pyridine rings is 3. The van der Waals surface area contributed by atoms with E-state index in [1.54, 1.807) is 0 Å². The predicted octanol–water partition coefficient (Wildman–Crippen LogP) is 31.6. The van der Waals surface area contributed by atoms with Crippen molar-refractivity contribution in [2.75, 3.05) is 0 Å². The Kier molecular flexibility index (Phi) is 23.3. The molecule has 0 bridgehead atoms. The fourth-order valence-corrected chi connectivity index (χ4v) is 18.8. The van der Waals surface area contributed by atoms with Crippen LogP contribution < -0.4 is 0 Å². The number of hydrogen-bond donors (Lipinski definition) is 0. The Morgan fingerprint density at radius 1 is 0.182 bits per heavy atom. The second-order valence-corrected chi connectivity index (χ2v) is 38.2. The van der Waals surface area contributed by atoms with E-state index in [2.05, 4.69) is 426 Å². The lowest BCUT2D eigenvalue weighted by Crippen LogP contribution is -2.22. The van der Waals surface area contributed by atoms with Crippen LogP contribution in [0.2, 0.25) is 0 Å². The molecule has 1 aliphatic rings.